The largest absolute Gasteiger partial charge is 0.323 e. The fourth-order valence-electron chi connectivity index (χ4n) is 3.06. The van der Waals surface area contributed by atoms with Gasteiger partial charge >= 0.3 is 0 Å². The van der Waals surface area contributed by atoms with Crippen LogP contribution in [0.15, 0.2) is 54.6 Å². The lowest BCUT2D eigenvalue weighted by Gasteiger charge is -2.17. The highest BCUT2D eigenvalue weighted by Gasteiger charge is 2.30. The van der Waals surface area contributed by atoms with Crippen LogP contribution in [0.3, 0.4) is 0 Å². The molecule has 0 aliphatic carbocycles. The van der Waals surface area contributed by atoms with Gasteiger partial charge in [-0.25, -0.2) is 4.39 Å². The van der Waals surface area contributed by atoms with E-state index in [9.17, 15) is 14.0 Å². The fourth-order valence-corrected chi connectivity index (χ4v) is 3.27. The average molecular weight is 355 g/mol. The molecule has 0 atom stereocenters. The smallest absolute Gasteiger partial charge is 0.259 e. The third-order valence-corrected chi connectivity index (χ3v) is 4.47. The van der Waals surface area contributed by atoms with Crippen LogP contribution in [-0.4, -0.2) is 18.4 Å². The molecule has 1 aliphatic rings. The second kappa shape index (κ2) is 5.86. The van der Waals surface area contributed by atoms with Crippen LogP contribution in [0.5, 0.6) is 0 Å². The molecule has 0 aromatic heterocycles. The monoisotopic (exact) mass is 354 g/mol. The van der Waals surface area contributed by atoms with Gasteiger partial charge in [-0.3, -0.25) is 14.5 Å². The summed E-state index contributed by atoms with van der Waals surface area (Å²) in [6, 6.07) is 14.8. The van der Waals surface area contributed by atoms with Crippen LogP contribution in [0.2, 0.25) is 5.02 Å². The quantitative estimate of drug-likeness (QED) is 0.765. The summed E-state index contributed by atoms with van der Waals surface area (Å²) < 4.78 is 13.1. The van der Waals surface area contributed by atoms with E-state index in [-0.39, 0.29) is 17.5 Å². The molecule has 0 saturated carbocycles. The van der Waals surface area contributed by atoms with E-state index in [1.54, 1.807) is 6.07 Å². The Morgan fingerprint density at radius 3 is 2.64 bits per heavy atom. The fraction of sp³-hybridized carbons (Fsp3) is 0.0526. The molecule has 3 aromatic carbocycles. The first-order valence-electron chi connectivity index (χ1n) is 7.63. The van der Waals surface area contributed by atoms with Crippen molar-refractivity contribution in [2.75, 3.05) is 16.8 Å². The minimum Gasteiger partial charge on any atom is -0.323 e. The molecule has 25 heavy (non-hydrogen) atoms. The number of hydrogen-bond donors (Lipinski definition) is 1. The molecule has 0 unspecified atom stereocenters. The molecule has 1 heterocycles. The number of halogens is 2. The number of carbonyl (C=O) groups is 2. The van der Waals surface area contributed by atoms with E-state index in [0.717, 1.165) is 16.8 Å². The zero-order valence-corrected chi connectivity index (χ0v) is 13.7. The van der Waals surface area contributed by atoms with E-state index in [2.05, 4.69) is 5.32 Å². The van der Waals surface area contributed by atoms with Gasteiger partial charge in [0.2, 0.25) is 5.91 Å². The molecule has 4 nitrogen and oxygen atoms in total. The summed E-state index contributed by atoms with van der Waals surface area (Å²) in [5.74, 6) is -1.11. The van der Waals surface area contributed by atoms with Gasteiger partial charge in [-0.15, -0.1) is 0 Å². The Labute approximate surface area is 147 Å². The minimum absolute atomic E-state index is 0.103. The van der Waals surface area contributed by atoms with Crippen molar-refractivity contribution in [1.82, 2.24) is 0 Å². The van der Waals surface area contributed by atoms with Gasteiger partial charge in [0.05, 0.1) is 16.4 Å². The first-order chi connectivity index (χ1) is 12.0. The maximum atomic E-state index is 13.1. The molecule has 0 radical (unpaired) electrons. The summed E-state index contributed by atoms with van der Waals surface area (Å²) >= 11 is 5.92. The lowest BCUT2D eigenvalue weighted by Crippen LogP contribution is -2.35. The first kappa shape index (κ1) is 15.6. The maximum absolute atomic E-state index is 13.1. The summed E-state index contributed by atoms with van der Waals surface area (Å²) in [6.45, 7) is -0.152. The summed E-state index contributed by atoms with van der Waals surface area (Å²) in [4.78, 5) is 26.4. The number of benzene rings is 3. The van der Waals surface area contributed by atoms with Gasteiger partial charge in [0, 0.05) is 10.9 Å². The molecule has 1 aliphatic heterocycles. The van der Waals surface area contributed by atoms with Crippen molar-refractivity contribution in [3.8, 4) is 0 Å². The van der Waals surface area contributed by atoms with Crippen molar-refractivity contribution in [3.05, 3.63) is 71.0 Å². The van der Waals surface area contributed by atoms with Crippen LogP contribution in [-0.2, 0) is 4.79 Å². The third kappa shape index (κ3) is 2.62. The van der Waals surface area contributed by atoms with Crippen LogP contribution in [0, 0.1) is 5.82 Å². The highest BCUT2D eigenvalue weighted by atomic mass is 35.5. The van der Waals surface area contributed by atoms with Crippen molar-refractivity contribution in [2.45, 2.75) is 0 Å². The lowest BCUT2D eigenvalue weighted by atomic mass is 10.1. The summed E-state index contributed by atoms with van der Waals surface area (Å²) in [5.41, 5.74) is 1.59. The Balaban J connectivity index is 1.61. The topological polar surface area (TPSA) is 49.4 Å². The first-order valence-corrected chi connectivity index (χ1v) is 8.01. The molecule has 0 fully saturated rings. The molecule has 1 N–H and O–H groups in total. The van der Waals surface area contributed by atoms with Crippen LogP contribution in [0.1, 0.15) is 10.4 Å². The molecule has 0 saturated heterocycles. The van der Waals surface area contributed by atoms with E-state index < -0.39 is 11.7 Å². The van der Waals surface area contributed by atoms with Crippen molar-refractivity contribution in [2.24, 2.45) is 0 Å². The number of anilines is 2. The highest BCUT2D eigenvalue weighted by Crippen LogP contribution is 2.37. The Bertz CT molecular complexity index is 1030. The van der Waals surface area contributed by atoms with Crippen LogP contribution < -0.4 is 10.2 Å². The van der Waals surface area contributed by atoms with Crippen molar-refractivity contribution < 1.29 is 14.0 Å². The summed E-state index contributed by atoms with van der Waals surface area (Å²) in [5, 5.41) is 4.52. The van der Waals surface area contributed by atoms with E-state index in [1.807, 2.05) is 30.3 Å². The third-order valence-electron chi connectivity index (χ3n) is 4.16. The zero-order valence-electron chi connectivity index (χ0n) is 12.9. The maximum Gasteiger partial charge on any atom is 0.259 e. The number of amides is 2. The zero-order chi connectivity index (χ0) is 17.6. The average Bonchev–Trinajstić information content (AvgIpc) is 2.86. The van der Waals surface area contributed by atoms with Gasteiger partial charge < -0.3 is 5.32 Å². The van der Waals surface area contributed by atoms with E-state index in [1.165, 1.54) is 17.0 Å². The van der Waals surface area contributed by atoms with Gasteiger partial charge in [0.1, 0.15) is 12.4 Å². The van der Waals surface area contributed by atoms with Crippen LogP contribution in [0.4, 0.5) is 15.8 Å². The summed E-state index contributed by atoms with van der Waals surface area (Å²) in [6.07, 6.45) is 0. The number of carbonyl (C=O) groups excluding carboxylic acids is 2. The number of nitrogens with zero attached hydrogens (tertiary/aromatic N) is 1. The van der Waals surface area contributed by atoms with Gasteiger partial charge in [0.15, 0.2) is 0 Å². The number of nitrogens with one attached hydrogen (secondary N) is 1. The van der Waals surface area contributed by atoms with Crippen LogP contribution in [0.25, 0.3) is 10.8 Å². The summed E-state index contributed by atoms with van der Waals surface area (Å²) in [7, 11) is 0. The normalized spacial score (nSPS) is 12.7. The highest BCUT2D eigenvalue weighted by molar-refractivity contribution is 6.34. The van der Waals surface area contributed by atoms with E-state index >= 15 is 0 Å². The van der Waals surface area contributed by atoms with E-state index in [4.69, 9.17) is 11.6 Å². The van der Waals surface area contributed by atoms with E-state index in [0.29, 0.717) is 16.9 Å². The lowest BCUT2D eigenvalue weighted by molar-refractivity contribution is -0.114. The Kier molecular flexibility index (Phi) is 3.66. The SMILES string of the molecule is O=C(CN1C(=O)c2cccc3cccc1c23)Nc1ccc(F)cc1Cl. The molecule has 3 aromatic rings. The molecule has 0 bridgehead atoms. The van der Waals surface area contributed by atoms with Crippen molar-refractivity contribution >= 4 is 45.6 Å². The molecular weight excluding hydrogens is 343 g/mol. The predicted octanol–water partition coefficient (Wildman–Crippen LogP) is 4.23. The Morgan fingerprint density at radius 2 is 1.88 bits per heavy atom. The van der Waals surface area contributed by atoms with Gasteiger partial charge in [-0.2, -0.15) is 0 Å². The van der Waals surface area contributed by atoms with Gasteiger partial charge in [-0.1, -0.05) is 35.9 Å². The van der Waals surface area contributed by atoms with Gasteiger partial charge in [-0.05, 0) is 35.7 Å². The van der Waals surface area contributed by atoms with Crippen LogP contribution >= 0.6 is 11.6 Å². The molecule has 6 heteroatoms. The molecule has 0 spiro atoms. The number of hydrogen-bond acceptors (Lipinski definition) is 2. The predicted molar refractivity (Wildman–Crippen MR) is 95.7 cm³/mol. The second-order valence-corrected chi connectivity index (χ2v) is 6.15. The molecular formula is C19H12ClFN2O2. The van der Waals surface area contributed by atoms with Crippen molar-refractivity contribution in [3.63, 3.8) is 0 Å². The molecule has 4 rings (SSSR count). The Hall–Kier alpha value is -2.92. The minimum atomic E-state index is -0.486. The molecule has 2 amide bonds. The number of rotatable bonds is 3. The second-order valence-electron chi connectivity index (χ2n) is 5.74. The molecule has 124 valence electrons. The van der Waals surface area contributed by atoms with Gasteiger partial charge in [0.25, 0.3) is 5.91 Å². The van der Waals surface area contributed by atoms with Crippen molar-refractivity contribution in [1.29, 1.82) is 0 Å². The Morgan fingerprint density at radius 1 is 1.12 bits per heavy atom. The standard InChI is InChI=1S/C19H12ClFN2O2/c20-14-9-12(21)7-8-15(14)22-17(24)10-23-16-6-2-4-11-3-1-5-13(18(11)16)19(23)25/h1-9H,10H2,(H,22,24).